The highest BCUT2D eigenvalue weighted by molar-refractivity contribution is 9.10. The topological polar surface area (TPSA) is 26.3 Å². The first-order valence-corrected chi connectivity index (χ1v) is 5.31. The van der Waals surface area contributed by atoms with Gasteiger partial charge < -0.3 is 9.53 Å². The quantitative estimate of drug-likeness (QED) is 0.790. The molecule has 0 radical (unpaired) electrons. The first-order valence-electron chi connectivity index (χ1n) is 4.14. The molecular formula is C10H10BrClO2. The molecule has 2 nitrogen and oxygen atoms in total. The largest absolute Gasteiger partial charge is 0.495 e. The fourth-order valence-electron chi connectivity index (χ4n) is 1.24. The van der Waals surface area contributed by atoms with Gasteiger partial charge in [0.05, 0.1) is 12.1 Å². The number of aryl methyl sites for hydroxylation is 1. The van der Waals surface area contributed by atoms with Crippen LogP contribution >= 0.6 is 27.5 Å². The number of hydrogen-bond acceptors (Lipinski definition) is 2. The third-order valence-corrected chi connectivity index (χ3v) is 2.56. The molecule has 76 valence electrons. The molecule has 0 aliphatic carbocycles. The molecule has 0 heterocycles. The summed E-state index contributed by atoms with van der Waals surface area (Å²) in [5.41, 5.74) is 0.943. The zero-order valence-electron chi connectivity index (χ0n) is 7.72. The third kappa shape index (κ3) is 2.72. The average Bonchev–Trinajstić information content (AvgIpc) is 2.14. The third-order valence-electron chi connectivity index (χ3n) is 1.82. The van der Waals surface area contributed by atoms with Crippen molar-refractivity contribution in [2.75, 3.05) is 7.11 Å². The zero-order valence-corrected chi connectivity index (χ0v) is 10.1. The number of benzene rings is 1. The molecule has 0 aliphatic rings. The Morgan fingerprint density at radius 3 is 2.86 bits per heavy atom. The first-order chi connectivity index (χ1) is 6.69. The number of carbonyl (C=O) groups excluding carboxylic acids is 1. The van der Waals surface area contributed by atoms with Crippen molar-refractivity contribution >= 4 is 33.8 Å². The highest BCUT2D eigenvalue weighted by atomic mass is 79.9. The van der Waals surface area contributed by atoms with Crippen molar-refractivity contribution in [3.05, 3.63) is 27.2 Å². The molecule has 0 fully saturated rings. The lowest BCUT2D eigenvalue weighted by Gasteiger charge is -2.09. The molecule has 0 unspecified atom stereocenters. The van der Waals surface area contributed by atoms with Crippen LogP contribution in [0.1, 0.15) is 12.0 Å². The molecule has 0 spiro atoms. The fourth-order valence-corrected chi connectivity index (χ4v) is 2.20. The Kier molecular flexibility index (Phi) is 4.42. The summed E-state index contributed by atoms with van der Waals surface area (Å²) in [7, 11) is 1.57. The molecule has 0 N–H and O–H groups in total. The summed E-state index contributed by atoms with van der Waals surface area (Å²) in [6.07, 6.45) is 2.00. The van der Waals surface area contributed by atoms with Crippen LogP contribution in [0.25, 0.3) is 0 Å². The van der Waals surface area contributed by atoms with Gasteiger partial charge in [-0.3, -0.25) is 0 Å². The van der Waals surface area contributed by atoms with Crippen LogP contribution in [0.3, 0.4) is 0 Å². The molecule has 1 aromatic carbocycles. The van der Waals surface area contributed by atoms with E-state index in [4.69, 9.17) is 16.3 Å². The smallest absolute Gasteiger partial charge is 0.140 e. The number of ether oxygens (including phenoxy) is 1. The SMILES string of the molecule is COc1c(Cl)cc(Br)cc1CCC=O. The molecule has 14 heavy (non-hydrogen) atoms. The van der Waals surface area contributed by atoms with Crippen LogP contribution in [0.15, 0.2) is 16.6 Å². The van der Waals surface area contributed by atoms with Crippen molar-refractivity contribution < 1.29 is 9.53 Å². The Labute approximate surface area is 96.3 Å². The second-order valence-electron chi connectivity index (χ2n) is 2.79. The highest BCUT2D eigenvalue weighted by Gasteiger charge is 2.08. The van der Waals surface area contributed by atoms with Crippen molar-refractivity contribution in [2.45, 2.75) is 12.8 Å². The summed E-state index contributed by atoms with van der Waals surface area (Å²) in [5, 5.41) is 0.558. The minimum Gasteiger partial charge on any atom is -0.495 e. The number of halogens is 2. The standard InChI is InChI=1S/C10H10BrClO2/c1-14-10-7(3-2-4-13)5-8(11)6-9(10)12/h4-6H,2-3H2,1H3. The molecule has 0 atom stereocenters. The van der Waals surface area contributed by atoms with Crippen LogP contribution in [-0.2, 0) is 11.2 Å². The van der Waals surface area contributed by atoms with Gasteiger partial charge in [0.15, 0.2) is 0 Å². The van der Waals surface area contributed by atoms with Crippen molar-refractivity contribution in [2.24, 2.45) is 0 Å². The lowest BCUT2D eigenvalue weighted by molar-refractivity contribution is -0.107. The zero-order chi connectivity index (χ0) is 10.6. The van der Waals surface area contributed by atoms with E-state index in [-0.39, 0.29) is 0 Å². The molecule has 0 amide bonds. The Bertz CT molecular complexity index is 339. The van der Waals surface area contributed by atoms with Crippen molar-refractivity contribution in [1.82, 2.24) is 0 Å². The van der Waals surface area contributed by atoms with Gasteiger partial charge in [0.1, 0.15) is 12.0 Å². The normalized spacial score (nSPS) is 9.93. The maximum Gasteiger partial charge on any atom is 0.140 e. The van der Waals surface area contributed by atoms with Crippen LogP contribution in [0.5, 0.6) is 5.75 Å². The molecular weight excluding hydrogens is 267 g/mol. The first kappa shape index (κ1) is 11.5. The summed E-state index contributed by atoms with van der Waals surface area (Å²) >= 11 is 9.31. The summed E-state index contributed by atoms with van der Waals surface area (Å²) in [5.74, 6) is 0.650. The predicted molar refractivity (Wildman–Crippen MR) is 60.1 cm³/mol. The van der Waals surface area contributed by atoms with Gasteiger partial charge >= 0.3 is 0 Å². The van der Waals surface area contributed by atoms with Crippen LogP contribution in [0.2, 0.25) is 5.02 Å². The minimum absolute atomic E-state index is 0.475. The lowest BCUT2D eigenvalue weighted by Crippen LogP contribution is -1.94. The average molecular weight is 278 g/mol. The molecule has 0 aromatic heterocycles. The summed E-state index contributed by atoms with van der Waals surface area (Å²) in [4.78, 5) is 10.3. The maximum absolute atomic E-state index is 10.3. The van der Waals surface area contributed by atoms with Gasteiger partial charge in [-0.25, -0.2) is 0 Å². The minimum atomic E-state index is 0.475. The van der Waals surface area contributed by atoms with E-state index in [0.29, 0.717) is 23.6 Å². The Hall–Kier alpha value is -0.540. The van der Waals surface area contributed by atoms with Crippen molar-refractivity contribution in [3.8, 4) is 5.75 Å². The summed E-state index contributed by atoms with van der Waals surface area (Å²) < 4.78 is 6.05. The van der Waals surface area contributed by atoms with Crippen LogP contribution in [-0.4, -0.2) is 13.4 Å². The van der Waals surface area contributed by atoms with Gasteiger partial charge in [-0.1, -0.05) is 27.5 Å². The molecule has 4 heteroatoms. The van der Waals surface area contributed by atoms with Crippen molar-refractivity contribution in [3.63, 3.8) is 0 Å². The lowest BCUT2D eigenvalue weighted by atomic mass is 10.1. The number of carbonyl (C=O) groups is 1. The van der Waals surface area contributed by atoms with Crippen LogP contribution in [0, 0.1) is 0 Å². The van der Waals surface area contributed by atoms with Crippen molar-refractivity contribution in [1.29, 1.82) is 0 Å². The Morgan fingerprint density at radius 2 is 2.29 bits per heavy atom. The van der Waals surface area contributed by atoms with E-state index >= 15 is 0 Å². The monoisotopic (exact) mass is 276 g/mol. The molecule has 0 saturated carbocycles. The number of aldehydes is 1. The second kappa shape index (κ2) is 5.37. The number of methoxy groups -OCH3 is 1. The fraction of sp³-hybridized carbons (Fsp3) is 0.300. The molecule has 1 aromatic rings. The molecule has 0 aliphatic heterocycles. The van der Waals surface area contributed by atoms with Gasteiger partial charge in [-0.15, -0.1) is 0 Å². The predicted octanol–water partition coefficient (Wildman–Crippen LogP) is 3.24. The van der Waals surface area contributed by atoms with E-state index in [9.17, 15) is 4.79 Å². The summed E-state index contributed by atoms with van der Waals surface area (Å²) in [6, 6.07) is 3.68. The van der Waals surface area contributed by atoms with E-state index in [1.165, 1.54) is 0 Å². The van der Waals surface area contributed by atoms with E-state index in [1.54, 1.807) is 13.2 Å². The Morgan fingerprint density at radius 1 is 1.57 bits per heavy atom. The van der Waals surface area contributed by atoms with E-state index < -0.39 is 0 Å². The van der Waals surface area contributed by atoms with E-state index in [0.717, 1.165) is 16.3 Å². The van der Waals surface area contributed by atoms with Gasteiger partial charge in [0.2, 0.25) is 0 Å². The van der Waals surface area contributed by atoms with E-state index in [2.05, 4.69) is 15.9 Å². The van der Waals surface area contributed by atoms with Crippen LogP contribution < -0.4 is 4.74 Å². The number of hydrogen-bond donors (Lipinski definition) is 0. The summed E-state index contributed by atoms with van der Waals surface area (Å²) in [6.45, 7) is 0. The Balaban J connectivity index is 3.04. The van der Waals surface area contributed by atoms with Gasteiger partial charge in [-0.2, -0.15) is 0 Å². The van der Waals surface area contributed by atoms with Gasteiger partial charge in [0.25, 0.3) is 0 Å². The van der Waals surface area contributed by atoms with Crippen LogP contribution in [0.4, 0.5) is 0 Å². The van der Waals surface area contributed by atoms with Gasteiger partial charge in [-0.05, 0) is 24.1 Å². The molecule has 0 saturated heterocycles. The van der Waals surface area contributed by atoms with E-state index in [1.807, 2.05) is 6.07 Å². The molecule has 1 rings (SSSR count). The van der Waals surface area contributed by atoms with Gasteiger partial charge in [0, 0.05) is 10.9 Å². The maximum atomic E-state index is 10.3. The molecule has 0 bridgehead atoms. The highest BCUT2D eigenvalue weighted by Crippen LogP contribution is 2.32. The second-order valence-corrected chi connectivity index (χ2v) is 4.11. The number of rotatable bonds is 4.